The molecule has 1 fully saturated rings. The molecule has 0 saturated carbocycles. The lowest BCUT2D eigenvalue weighted by Gasteiger charge is -2.37. The van der Waals surface area contributed by atoms with Crippen LogP contribution in [0.2, 0.25) is 0 Å². The van der Waals surface area contributed by atoms with Crippen LogP contribution >= 0.6 is 0 Å². The van der Waals surface area contributed by atoms with Gasteiger partial charge in [0.25, 0.3) is 0 Å². The van der Waals surface area contributed by atoms with Gasteiger partial charge in [0.05, 0.1) is 11.1 Å². The number of hydrogen-bond acceptors (Lipinski definition) is 2. The number of nitrogens with zero attached hydrogens (tertiary/aromatic N) is 1. The van der Waals surface area contributed by atoms with Crippen molar-refractivity contribution in [2.24, 2.45) is 0 Å². The average Bonchev–Trinajstić information content (AvgIpc) is 2.45. The van der Waals surface area contributed by atoms with Crippen LogP contribution in [0.15, 0.2) is 18.2 Å². The Labute approximate surface area is 121 Å². The van der Waals surface area contributed by atoms with Gasteiger partial charge in [-0.15, -0.1) is 0 Å². The summed E-state index contributed by atoms with van der Waals surface area (Å²) in [4.78, 5) is 12.9. The van der Waals surface area contributed by atoms with Gasteiger partial charge in [0.15, 0.2) is 0 Å². The summed E-state index contributed by atoms with van der Waals surface area (Å²) in [5.41, 5.74) is -1.32. The molecule has 1 unspecified atom stereocenters. The summed E-state index contributed by atoms with van der Waals surface area (Å²) in [5, 5.41) is 8.91. The van der Waals surface area contributed by atoms with E-state index in [0.29, 0.717) is 12.2 Å². The van der Waals surface area contributed by atoms with Crippen LogP contribution in [0.3, 0.4) is 0 Å². The van der Waals surface area contributed by atoms with Crippen LogP contribution in [0.5, 0.6) is 0 Å². The van der Waals surface area contributed by atoms with Crippen molar-refractivity contribution in [1.29, 1.82) is 0 Å². The molecule has 1 aliphatic rings. The highest BCUT2D eigenvalue weighted by Gasteiger charge is 2.36. The summed E-state index contributed by atoms with van der Waals surface area (Å²) < 4.78 is 39.2. The largest absolute Gasteiger partial charge is 0.478 e. The highest BCUT2D eigenvalue weighted by atomic mass is 19.4. The maximum atomic E-state index is 13.1. The lowest BCUT2D eigenvalue weighted by Crippen LogP contribution is -2.39. The van der Waals surface area contributed by atoms with Crippen molar-refractivity contribution in [3.05, 3.63) is 29.3 Å². The topological polar surface area (TPSA) is 40.5 Å². The van der Waals surface area contributed by atoms with Crippen molar-refractivity contribution >= 4 is 11.7 Å². The number of aromatic carboxylic acids is 1. The van der Waals surface area contributed by atoms with E-state index in [1.165, 1.54) is 6.07 Å². The molecule has 116 valence electrons. The summed E-state index contributed by atoms with van der Waals surface area (Å²) in [6.07, 6.45) is -0.825. The van der Waals surface area contributed by atoms with E-state index in [-0.39, 0.29) is 6.04 Å². The standard InChI is InChI=1S/C15H18F3NO2/c1-2-10-5-3-4-8-19(10)11-6-7-12(14(20)21)13(9-11)15(16,17)18/h6-7,9-10H,2-5,8H2,1H3,(H,20,21). The number of rotatable bonds is 3. The van der Waals surface area contributed by atoms with Crippen molar-refractivity contribution in [2.45, 2.75) is 44.8 Å². The van der Waals surface area contributed by atoms with Crippen molar-refractivity contribution in [3.63, 3.8) is 0 Å². The van der Waals surface area contributed by atoms with Crippen LogP contribution in [-0.4, -0.2) is 23.7 Å². The van der Waals surface area contributed by atoms with E-state index in [1.807, 2.05) is 11.8 Å². The minimum absolute atomic E-state index is 0.218. The summed E-state index contributed by atoms with van der Waals surface area (Å²) in [6, 6.07) is 3.72. The second-order valence-corrected chi connectivity index (χ2v) is 5.28. The van der Waals surface area contributed by atoms with Crippen molar-refractivity contribution in [2.75, 3.05) is 11.4 Å². The lowest BCUT2D eigenvalue weighted by molar-refractivity contribution is -0.138. The Kier molecular flexibility index (Phi) is 4.44. The maximum Gasteiger partial charge on any atom is 0.417 e. The fraction of sp³-hybridized carbons (Fsp3) is 0.533. The maximum absolute atomic E-state index is 13.1. The van der Waals surface area contributed by atoms with Crippen molar-refractivity contribution < 1.29 is 23.1 Å². The normalized spacial score (nSPS) is 19.6. The summed E-state index contributed by atoms with van der Waals surface area (Å²) in [7, 11) is 0. The van der Waals surface area contributed by atoms with Crippen LogP contribution < -0.4 is 4.90 Å². The third kappa shape index (κ3) is 3.31. The molecule has 1 N–H and O–H groups in total. The van der Waals surface area contributed by atoms with Gasteiger partial charge in [0.1, 0.15) is 0 Å². The zero-order valence-electron chi connectivity index (χ0n) is 11.8. The number of carboxylic acids is 1. The highest BCUT2D eigenvalue weighted by Crippen LogP contribution is 2.36. The van der Waals surface area contributed by atoms with E-state index in [0.717, 1.165) is 37.8 Å². The number of carboxylic acid groups (broad SMARTS) is 1. The number of carbonyl (C=O) groups is 1. The molecular weight excluding hydrogens is 283 g/mol. The van der Waals surface area contributed by atoms with E-state index in [2.05, 4.69) is 0 Å². The third-order valence-corrected chi connectivity index (χ3v) is 3.97. The molecule has 1 heterocycles. The number of piperidine rings is 1. The van der Waals surface area contributed by atoms with E-state index < -0.39 is 23.3 Å². The first kappa shape index (κ1) is 15.7. The van der Waals surface area contributed by atoms with Crippen LogP contribution in [-0.2, 0) is 6.18 Å². The fourth-order valence-corrected chi connectivity index (χ4v) is 2.90. The van der Waals surface area contributed by atoms with Gasteiger partial charge >= 0.3 is 12.1 Å². The molecule has 0 spiro atoms. The molecule has 1 saturated heterocycles. The van der Waals surface area contributed by atoms with Gasteiger partial charge in [-0.2, -0.15) is 13.2 Å². The number of benzene rings is 1. The second-order valence-electron chi connectivity index (χ2n) is 5.28. The van der Waals surface area contributed by atoms with Crippen molar-refractivity contribution in [1.82, 2.24) is 0 Å². The molecule has 1 aromatic carbocycles. The Morgan fingerprint density at radius 3 is 2.67 bits per heavy atom. The predicted octanol–water partition coefficient (Wildman–Crippen LogP) is 4.17. The zero-order chi connectivity index (χ0) is 15.6. The lowest BCUT2D eigenvalue weighted by atomic mass is 9.97. The number of halogens is 3. The quantitative estimate of drug-likeness (QED) is 0.910. The van der Waals surface area contributed by atoms with Gasteiger partial charge in [-0.25, -0.2) is 4.79 Å². The molecule has 0 amide bonds. The summed E-state index contributed by atoms with van der Waals surface area (Å²) >= 11 is 0. The monoisotopic (exact) mass is 301 g/mol. The molecule has 0 aliphatic carbocycles. The van der Waals surface area contributed by atoms with Crippen LogP contribution in [0.4, 0.5) is 18.9 Å². The van der Waals surface area contributed by atoms with E-state index in [1.54, 1.807) is 0 Å². The molecule has 6 heteroatoms. The van der Waals surface area contributed by atoms with Crippen LogP contribution in [0.25, 0.3) is 0 Å². The zero-order valence-corrected chi connectivity index (χ0v) is 11.8. The van der Waals surface area contributed by atoms with Gasteiger partial charge in [0, 0.05) is 18.3 Å². The number of alkyl halides is 3. The van der Waals surface area contributed by atoms with E-state index in [4.69, 9.17) is 5.11 Å². The van der Waals surface area contributed by atoms with E-state index in [9.17, 15) is 18.0 Å². The van der Waals surface area contributed by atoms with Gasteiger partial charge in [-0.05, 0) is 43.9 Å². The molecule has 0 bridgehead atoms. The van der Waals surface area contributed by atoms with E-state index >= 15 is 0 Å². The third-order valence-electron chi connectivity index (χ3n) is 3.97. The minimum Gasteiger partial charge on any atom is -0.478 e. The molecule has 0 radical (unpaired) electrons. The first-order valence-corrected chi connectivity index (χ1v) is 7.05. The Balaban J connectivity index is 2.44. The number of anilines is 1. The first-order chi connectivity index (χ1) is 9.84. The SMILES string of the molecule is CCC1CCCCN1c1ccc(C(=O)O)c(C(F)(F)F)c1. The Morgan fingerprint density at radius 2 is 2.10 bits per heavy atom. The summed E-state index contributed by atoms with van der Waals surface area (Å²) in [6.45, 7) is 2.72. The minimum atomic E-state index is -4.67. The first-order valence-electron chi connectivity index (χ1n) is 7.05. The van der Waals surface area contributed by atoms with Gasteiger partial charge in [-0.3, -0.25) is 0 Å². The van der Waals surface area contributed by atoms with Crippen molar-refractivity contribution in [3.8, 4) is 0 Å². The molecule has 3 nitrogen and oxygen atoms in total. The van der Waals surface area contributed by atoms with Gasteiger partial charge in [-0.1, -0.05) is 6.92 Å². The fourth-order valence-electron chi connectivity index (χ4n) is 2.90. The van der Waals surface area contributed by atoms with Crippen LogP contribution in [0.1, 0.15) is 48.5 Å². The second kappa shape index (κ2) is 5.95. The molecule has 1 aromatic rings. The molecule has 1 atom stereocenters. The predicted molar refractivity (Wildman–Crippen MR) is 73.7 cm³/mol. The Morgan fingerprint density at radius 1 is 1.38 bits per heavy atom. The smallest absolute Gasteiger partial charge is 0.417 e. The Bertz CT molecular complexity index is 528. The molecule has 1 aliphatic heterocycles. The highest BCUT2D eigenvalue weighted by molar-refractivity contribution is 5.90. The summed E-state index contributed by atoms with van der Waals surface area (Å²) in [5.74, 6) is -1.56. The van der Waals surface area contributed by atoms with Gasteiger partial charge in [0.2, 0.25) is 0 Å². The van der Waals surface area contributed by atoms with Gasteiger partial charge < -0.3 is 10.0 Å². The number of hydrogen-bond donors (Lipinski definition) is 1. The average molecular weight is 301 g/mol. The van der Waals surface area contributed by atoms with Crippen LogP contribution in [0, 0.1) is 0 Å². The molecule has 2 rings (SSSR count). The molecule has 0 aromatic heterocycles. The Hall–Kier alpha value is -1.72. The molecular formula is C15H18F3NO2. The molecule has 21 heavy (non-hydrogen) atoms.